The lowest BCUT2D eigenvalue weighted by Gasteiger charge is -2.15. The van der Waals surface area contributed by atoms with Gasteiger partial charge in [-0.05, 0) is 5.17 Å². The maximum atomic E-state index is 11.4. The molecule has 0 atom stereocenters. The van der Waals surface area contributed by atoms with Crippen LogP contribution in [0.4, 0.5) is 13.2 Å². The van der Waals surface area contributed by atoms with Gasteiger partial charge in [0.25, 0.3) is 10.1 Å². The van der Waals surface area contributed by atoms with E-state index in [4.69, 9.17) is 0 Å². The normalized spacial score (nSPS) is 14.0. The molecule has 0 aromatic carbocycles. The van der Waals surface area contributed by atoms with Crippen molar-refractivity contribution >= 4 is 10.1 Å². The third-order valence-corrected chi connectivity index (χ3v) is 0.897. The molecule has 0 saturated heterocycles. The highest BCUT2D eigenvalue weighted by Gasteiger charge is 2.38. The SMILES string of the molecule is CS(=O)(=O)ON(N)C(F)(F)F. The Kier molecular flexibility index (Phi) is 2.83. The number of hydrogen-bond acceptors (Lipinski definition) is 5. The van der Waals surface area contributed by atoms with Crippen molar-refractivity contribution < 1.29 is 25.9 Å². The van der Waals surface area contributed by atoms with Gasteiger partial charge in [-0.3, -0.25) is 0 Å². The van der Waals surface area contributed by atoms with Crippen molar-refractivity contribution in [2.24, 2.45) is 5.84 Å². The highest BCUT2D eigenvalue weighted by Crippen LogP contribution is 2.18. The molecule has 0 aliphatic heterocycles. The topological polar surface area (TPSA) is 72.6 Å². The van der Waals surface area contributed by atoms with Crippen molar-refractivity contribution in [3.05, 3.63) is 0 Å². The van der Waals surface area contributed by atoms with Crippen LogP contribution in [0, 0.1) is 0 Å². The minimum Gasteiger partial charge on any atom is -0.236 e. The Bertz CT molecular complexity index is 221. The first-order chi connectivity index (χ1) is 4.63. The monoisotopic (exact) mass is 194 g/mol. The quantitative estimate of drug-likeness (QED) is 0.367. The highest BCUT2D eigenvalue weighted by atomic mass is 32.2. The Labute approximate surface area is 60.6 Å². The Morgan fingerprint density at radius 1 is 1.45 bits per heavy atom. The van der Waals surface area contributed by atoms with Crippen LogP contribution >= 0.6 is 0 Å². The molecular weight excluding hydrogens is 189 g/mol. The third kappa shape index (κ3) is 4.95. The van der Waals surface area contributed by atoms with Crippen LogP contribution in [0.25, 0.3) is 0 Å². The van der Waals surface area contributed by atoms with E-state index in [1.165, 1.54) is 0 Å². The number of hydroxylamine groups is 1. The number of alkyl halides is 3. The number of hydrazine groups is 1. The summed E-state index contributed by atoms with van der Waals surface area (Å²) in [5, 5.41) is -1.19. The van der Waals surface area contributed by atoms with Gasteiger partial charge in [0.05, 0.1) is 6.26 Å². The average molecular weight is 194 g/mol. The molecule has 0 fully saturated rings. The largest absolute Gasteiger partial charge is 0.498 e. The van der Waals surface area contributed by atoms with E-state index in [0.29, 0.717) is 6.26 Å². The maximum absolute atomic E-state index is 11.4. The van der Waals surface area contributed by atoms with E-state index in [1.54, 1.807) is 0 Å². The standard InChI is InChI=1S/C2H5F3N2O3S/c1-11(8,9)10-7(6)2(3,4)5/h6H2,1H3. The van der Waals surface area contributed by atoms with E-state index >= 15 is 0 Å². The number of nitrogens with zero attached hydrogens (tertiary/aromatic N) is 1. The van der Waals surface area contributed by atoms with Crippen molar-refractivity contribution in [1.29, 1.82) is 0 Å². The average Bonchev–Trinajstić information content (AvgIpc) is 1.56. The lowest BCUT2D eigenvalue weighted by Crippen LogP contribution is -2.44. The van der Waals surface area contributed by atoms with Crippen molar-refractivity contribution in [3.63, 3.8) is 0 Å². The minimum atomic E-state index is -5.02. The first kappa shape index (κ1) is 10.6. The molecule has 11 heavy (non-hydrogen) atoms. The van der Waals surface area contributed by atoms with E-state index in [9.17, 15) is 21.6 Å². The first-order valence-electron chi connectivity index (χ1n) is 2.14. The molecule has 0 radical (unpaired) electrons. The minimum absolute atomic E-state index is 0.443. The van der Waals surface area contributed by atoms with Crippen LogP contribution in [-0.4, -0.2) is 26.1 Å². The lowest BCUT2D eigenvalue weighted by atomic mass is 11.2. The zero-order valence-electron chi connectivity index (χ0n) is 5.29. The van der Waals surface area contributed by atoms with Gasteiger partial charge in [-0.15, -0.1) is 0 Å². The summed E-state index contributed by atoms with van der Waals surface area (Å²) in [6, 6.07) is 0. The van der Waals surface area contributed by atoms with Gasteiger partial charge in [0.15, 0.2) is 0 Å². The second-order valence-electron chi connectivity index (χ2n) is 1.57. The van der Waals surface area contributed by atoms with Gasteiger partial charge in [0.2, 0.25) is 0 Å². The highest BCUT2D eigenvalue weighted by molar-refractivity contribution is 7.85. The van der Waals surface area contributed by atoms with Crippen LogP contribution in [0.2, 0.25) is 0 Å². The zero-order valence-corrected chi connectivity index (χ0v) is 6.11. The molecule has 2 N–H and O–H groups in total. The predicted octanol–water partition coefficient (Wildman–Crippen LogP) is -0.427. The van der Waals surface area contributed by atoms with E-state index in [0.717, 1.165) is 0 Å². The van der Waals surface area contributed by atoms with Gasteiger partial charge in [-0.1, -0.05) is 0 Å². The van der Waals surface area contributed by atoms with Gasteiger partial charge in [0.1, 0.15) is 0 Å². The second-order valence-corrected chi connectivity index (χ2v) is 3.13. The van der Waals surface area contributed by atoms with Crippen molar-refractivity contribution in [3.8, 4) is 0 Å². The predicted molar refractivity (Wildman–Crippen MR) is 28.0 cm³/mol. The summed E-state index contributed by atoms with van der Waals surface area (Å²) in [4.78, 5) is 0. The van der Waals surface area contributed by atoms with Gasteiger partial charge >= 0.3 is 6.30 Å². The summed E-state index contributed by atoms with van der Waals surface area (Å²) in [6.45, 7) is 0. The Morgan fingerprint density at radius 3 is 1.91 bits per heavy atom. The van der Waals surface area contributed by atoms with E-state index in [-0.39, 0.29) is 0 Å². The number of rotatable bonds is 2. The number of nitrogens with two attached hydrogens (primary N) is 1. The zero-order chi connectivity index (χ0) is 9.28. The molecule has 0 aromatic rings. The molecule has 0 aromatic heterocycles. The lowest BCUT2D eigenvalue weighted by molar-refractivity contribution is -0.337. The van der Waals surface area contributed by atoms with Crippen LogP contribution in [0.1, 0.15) is 0 Å². The van der Waals surface area contributed by atoms with Crippen molar-refractivity contribution in [2.45, 2.75) is 6.30 Å². The van der Waals surface area contributed by atoms with Crippen molar-refractivity contribution in [1.82, 2.24) is 5.17 Å². The summed E-state index contributed by atoms with van der Waals surface area (Å²) in [7, 11) is -4.23. The fourth-order valence-electron chi connectivity index (χ4n) is 0.188. The van der Waals surface area contributed by atoms with Gasteiger partial charge in [-0.25, -0.2) is 5.84 Å². The van der Waals surface area contributed by atoms with Crippen molar-refractivity contribution in [2.75, 3.05) is 6.26 Å². The smallest absolute Gasteiger partial charge is 0.236 e. The summed E-state index contributed by atoms with van der Waals surface area (Å²) >= 11 is 0. The molecular formula is C2H5F3N2O3S. The summed E-state index contributed by atoms with van der Waals surface area (Å²) < 4.78 is 57.5. The molecule has 0 heterocycles. The molecule has 0 amide bonds. The van der Waals surface area contributed by atoms with Crippen LogP contribution in [0.3, 0.4) is 0 Å². The molecule has 0 rings (SSSR count). The van der Waals surface area contributed by atoms with Gasteiger partial charge < -0.3 is 0 Å². The van der Waals surface area contributed by atoms with E-state index in [1.807, 2.05) is 0 Å². The van der Waals surface area contributed by atoms with Gasteiger partial charge in [-0.2, -0.15) is 25.9 Å². The Hall–Kier alpha value is -0.380. The van der Waals surface area contributed by atoms with Crippen LogP contribution < -0.4 is 5.84 Å². The van der Waals surface area contributed by atoms with Crippen LogP contribution in [0.5, 0.6) is 0 Å². The number of hydrogen-bond donors (Lipinski definition) is 1. The fourth-order valence-corrected chi connectivity index (χ4v) is 0.564. The molecule has 0 saturated carbocycles. The summed E-state index contributed by atoms with van der Waals surface area (Å²) in [5.74, 6) is 4.14. The molecule has 68 valence electrons. The third-order valence-electron chi connectivity index (χ3n) is 0.466. The first-order valence-corrected chi connectivity index (χ1v) is 3.96. The molecule has 0 aliphatic rings. The number of halogens is 3. The van der Waals surface area contributed by atoms with Gasteiger partial charge in [0, 0.05) is 0 Å². The summed E-state index contributed by atoms with van der Waals surface area (Å²) in [6.07, 6.45) is -4.58. The molecule has 0 bridgehead atoms. The maximum Gasteiger partial charge on any atom is 0.498 e. The molecule has 0 unspecified atom stereocenters. The van der Waals surface area contributed by atoms with E-state index in [2.05, 4.69) is 10.1 Å². The fraction of sp³-hybridized carbons (Fsp3) is 1.00. The Balaban J connectivity index is 4.21. The molecule has 0 spiro atoms. The summed E-state index contributed by atoms with van der Waals surface area (Å²) in [5.41, 5.74) is 0. The molecule has 0 aliphatic carbocycles. The van der Waals surface area contributed by atoms with E-state index < -0.39 is 21.6 Å². The Morgan fingerprint density at radius 2 is 1.82 bits per heavy atom. The van der Waals surface area contributed by atoms with Crippen LogP contribution in [-0.2, 0) is 14.4 Å². The molecule has 9 heteroatoms. The second kappa shape index (κ2) is 2.93. The molecule has 5 nitrogen and oxygen atoms in total. The van der Waals surface area contributed by atoms with Crippen LogP contribution in [0.15, 0.2) is 0 Å².